The third kappa shape index (κ3) is 5.61. The number of hydrogen-bond donors (Lipinski definition) is 1. The van der Waals surface area contributed by atoms with Gasteiger partial charge in [0, 0.05) is 26.2 Å². The SMILES string of the molecule is Cl.O=C(O)CN1CCN(C(=O)OCc2ccccc2)CC1. The summed E-state index contributed by atoms with van der Waals surface area (Å²) >= 11 is 0. The molecule has 0 saturated carbocycles. The molecule has 0 aromatic heterocycles. The number of benzene rings is 1. The maximum atomic E-state index is 11.9. The standard InChI is InChI=1S/C14H18N2O4.ClH/c17-13(18)10-15-6-8-16(9-7-15)14(19)20-11-12-4-2-1-3-5-12;/h1-5H,6-11H2,(H,17,18);1H. The highest BCUT2D eigenvalue weighted by molar-refractivity contribution is 5.85. The Hall–Kier alpha value is -1.79. The van der Waals surface area contributed by atoms with Crippen LogP contribution >= 0.6 is 12.4 Å². The monoisotopic (exact) mass is 314 g/mol. The van der Waals surface area contributed by atoms with E-state index in [9.17, 15) is 9.59 Å². The van der Waals surface area contributed by atoms with Gasteiger partial charge >= 0.3 is 12.1 Å². The lowest BCUT2D eigenvalue weighted by Crippen LogP contribution is -2.50. The Labute approximate surface area is 129 Å². The average molecular weight is 315 g/mol. The number of carbonyl (C=O) groups is 2. The summed E-state index contributed by atoms with van der Waals surface area (Å²) in [5.74, 6) is -0.842. The van der Waals surface area contributed by atoms with Crippen LogP contribution in [-0.2, 0) is 16.1 Å². The van der Waals surface area contributed by atoms with Crippen molar-refractivity contribution < 1.29 is 19.4 Å². The van der Waals surface area contributed by atoms with E-state index in [1.807, 2.05) is 35.2 Å². The molecule has 2 rings (SSSR count). The Balaban J connectivity index is 0.00000220. The molecular formula is C14H19ClN2O4. The van der Waals surface area contributed by atoms with E-state index in [4.69, 9.17) is 9.84 Å². The number of amides is 1. The number of aliphatic carboxylic acids is 1. The molecule has 1 fully saturated rings. The second-order valence-electron chi connectivity index (χ2n) is 4.70. The number of ether oxygens (including phenoxy) is 1. The fourth-order valence-corrected chi connectivity index (χ4v) is 2.09. The third-order valence-electron chi connectivity index (χ3n) is 3.19. The Morgan fingerprint density at radius 1 is 1.10 bits per heavy atom. The zero-order valence-electron chi connectivity index (χ0n) is 11.6. The summed E-state index contributed by atoms with van der Waals surface area (Å²) in [6.07, 6.45) is -0.344. The number of piperazine rings is 1. The molecule has 1 aliphatic heterocycles. The molecule has 1 aliphatic rings. The van der Waals surface area contributed by atoms with Crippen molar-refractivity contribution in [1.29, 1.82) is 0 Å². The van der Waals surface area contributed by atoms with E-state index in [1.165, 1.54) is 0 Å². The van der Waals surface area contributed by atoms with Crippen molar-refractivity contribution in [1.82, 2.24) is 9.80 Å². The molecule has 1 amide bonds. The average Bonchev–Trinajstić information content (AvgIpc) is 2.46. The summed E-state index contributed by atoms with van der Waals surface area (Å²) in [7, 11) is 0. The van der Waals surface area contributed by atoms with Crippen LogP contribution in [0, 0.1) is 0 Å². The first kappa shape index (κ1) is 17.3. The van der Waals surface area contributed by atoms with Crippen molar-refractivity contribution in [2.75, 3.05) is 32.7 Å². The van der Waals surface area contributed by atoms with Crippen LogP contribution in [0.5, 0.6) is 0 Å². The lowest BCUT2D eigenvalue weighted by atomic mass is 10.2. The van der Waals surface area contributed by atoms with Crippen LogP contribution in [0.15, 0.2) is 30.3 Å². The van der Waals surface area contributed by atoms with Crippen molar-refractivity contribution in [3.05, 3.63) is 35.9 Å². The molecule has 1 saturated heterocycles. The second kappa shape index (κ2) is 8.49. The Morgan fingerprint density at radius 2 is 1.71 bits per heavy atom. The Kier molecular flexibility index (Phi) is 6.98. The quantitative estimate of drug-likeness (QED) is 0.911. The molecule has 1 aromatic carbocycles. The van der Waals surface area contributed by atoms with Gasteiger partial charge in [-0.05, 0) is 5.56 Å². The zero-order chi connectivity index (χ0) is 14.4. The zero-order valence-corrected chi connectivity index (χ0v) is 12.4. The van der Waals surface area contributed by atoms with Gasteiger partial charge in [0.15, 0.2) is 0 Å². The molecule has 1 N–H and O–H groups in total. The molecule has 0 radical (unpaired) electrons. The van der Waals surface area contributed by atoms with E-state index in [-0.39, 0.29) is 31.7 Å². The molecule has 1 aromatic rings. The fourth-order valence-electron chi connectivity index (χ4n) is 2.09. The topological polar surface area (TPSA) is 70.1 Å². The largest absolute Gasteiger partial charge is 0.480 e. The minimum absolute atomic E-state index is 0. The molecular weight excluding hydrogens is 296 g/mol. The third-order valence-corrected chi connectivity index (χ3v) is 3.19. The maximum absolute atomic E-state index is 11.9. The van der Waals surface area contributed by atoms with Crippen LogP contribution in [0.3, 0.4) is 0 Å². The van der Waals surface area contributed by atoms with Crippen LogP contribution < -0.4 is 0 Å². The summed E-state index contributed by atoms with van der Waals surface area (Å²) in [6.45, 7) is 2.41. The summed E-state index contributed by atoms with van der Waals surface area (Å²) in [5, 5.41) is 8.70. The number of carbonyl (C=O) groups excluding carboxylic acids is 1. The number of carboxylic acid groups (broad SMARTS) is 1. The van der Waals surface area contributed by atoms with Gasteiger partial charge in [0.25, 0.3) is 0 Å². The Bertz CT molecular complexity index is 461. The van der Waals surface area contributed by atoms with E-state index >= 15 is 0 Å². The molecule has 116 valence electrons. The van der Waals surface area contributed by atoms with Crippen LogP contribution in [0.25, 0.3) is 0 Å². The normalized spacial score (nSPS) is 15.1. The molecule has 0 aliphatic carbocycles. The summed E-state index contributed by atoms with van der Waals surface area (Å²) in [5.41, 5.74) is 0.949. The number of nitrogens with zero attached hydrogens (tertiary/aromatic N) is 2. The minimum Gasteiger partial charge on any atom is -0.480 e. The van der Waals surface area contributed by atoms with Gasteiger partial charge in [-0.3, -0.25) is 9.69 Å². The highest BCUT2D eigenvalue weighted by Crippen LogP contribution is 2.06. The van der Waals surface area contributed by atoms with Crippen LogP contribution in [0.4, 0.5) is 4.79 Å². The van der Waals surface area contributed by atoms with Crippen molar-refractivity contribution in [2.45, 2.75) is 6.61 Å². The lowest BCUT2D eigenvalue weighted by Gasteiger charge is -2.33. The molecule has 0 spiro atoms. The number of carboxylic acids is 1. The van der Waals surface area contributed by atoms with Crippen LogP contribution in [0.2, 0.25) is 0 Å². The number of rotatable bonds is 4. The van der Waals surface area contributed by atoms with Gasteiger partial charge in [-0.25, -0.2) is 4.79 Å². The van der Waals surface area contributed by atoms with Gasteiger partial charge in [0.2, 0.25) is 0 Å². The Morgan fingerprint density at radius 3 is 2.29 bits per heavy atom. The van der Waals surface area contributed by atoms with Crippen molar-refractivity contribution in [3.63, 3.8) is 0 Å². The molecule has 0 bridgehead atoms. The second-order valence-corrected chi connectivity index (χ2v) is 4.70. The first-order valence-electron chi connectivity index (χ1n) is 6.55. The van der Waals surface area contributed by atoms with Crippen molar-refractivity contribution in [2.24, 2.45) is 0 Å². The molecule has 21 heavy (non-hydrogen) atoms. The predicted octanol–water partition coefficient (Wildman–Crippen LogP) is 1.45. The van der Waals surface area contributed by atoms with E-state index in [0.717, 1.165) is 5.56 Å². The predicted molar refractivity (Wildman–Crippen MR) is 79.5 cm³/mol. The molecule has 7 heteroatoms. The maximum Gasteiger partial charge on any atom is 0.410 e. The number of halogens is 1. The first-order valence-corrected chi connectivity index (χ1v) is 6.55. The van der Waals surface area contributed by atoms with E-state index in [0.29, 0.717) is 26.2 Å². The molecule has 0 unspecified atom stereocenters. The highest BCUT2D eigenvalue weighted by atomic mass is 35.5. The minimum atomic E-state index is -0.842. The van der Waals surface area contributed by atoms with Crippen molar-refractivity contribution >= 4 is 24.5 Å². The van der Waals surface area contributed by atoms with Gasteiger partial charge < -0.3 is 14.7 Å². The summed E-state index contributed by atoms with van der Waals surface area (Å²) in [4.78, 5) is 25.9. The van der Waals surface area contributed by atoms with Gasteiger partial charge in [0.1, 0.15) is 6.61 Å². The molecule has 6 nitrogen and oxygen atoms in total. The highest BCUT2D eigenvalue weighted by Gasteiger charge is 2.23. The van der Waals surface area contributed by atoms with Crippen molar-refractivity contribution in [3.8, 4) is 0 Å². The van der Waals surface area contributed by atoms with Gasteiger partial charge in [-0.2, -0.15) is 0 Å². The lowest BCUT2D eigenvalue weighted by molar-refractivity contribution is -0.138. The first-order chi connectivity index (χ1) is 9.65. The summed E-state index contributed by atoms with van der Waals surface area (Å²) < 4.78 is 5.24. The smallest absolute Gasteiger partial charge is 0.410 e. The molecule has 1 heterocycles. The fraction of sp³-hybridized carbons (Fsp3) is 0.429. The van der Waals surface area contributed by atoms with E-state index in [2.05, 4.69) is 0 Å². The van der Waals surface area contributed by atoms with E-state index in [1.54, 1.807) is 4.90 Å². The molecule has 0 atom stereocenters. The van der Waals surface area contributed by atoms with Gasteiger partial charge in [-0.15, -0.1) is 12.4 Å². The van der Waals surface area contributed by atoms with E-state index < -0.39 is 5.97 Å². The van der Waals surface area contributed by atoms with Gasteiger partial charge in [-0.1, -0.05) is 30.3 Å². The van der Waals surface area contributed by atoms with Crippen LogP contribution in [0.1, 0.15) is 5.56 Å². The van der Waals surface area contributed by atoms with Gasteiger partial charge in [0.05, 0.1) is 6.54 Å². The van der Waals surface area contributed by atoms with Crippen LogP contribution in [-0.4, -0.2) is 59.7 Å². The summed E-state index contributed by atoms with van der Waals surface area (Å²) in [6, 6.07) is 9.50. The number of hydrogen-bond acceptors (Lipinski definition) is 4.